The van der Waals surface area contributed by atoms with Crippen LogP contribution < -0.4 is 4.74 Å². The highest BCUT2D eigenvalue weighted by Crippen LogP contribution is 2.32. The molecule has 2 heterocycles. The van der Waals surface area contributed by atoms with Crippen molar-refractivity contribution in [2.24, 2.45) is 0 Å². The minimum Gasteiger partial charge on any atom is -0.496 e. The Morgan fingerprint density at radius 2 is 1.95 bits per heavy atom. The summed E-state index contributed by atoms with van der Waals surface area (Å²) in [7, 11) is 1.61. The SMILES string of the molecule is COc1ccccc1C(=O)N1CCC(c2cccs2)CC1. The number of ether oxygens (including phenoxy) is 1. The smallest absolute Gasteiger partial charge is 0.257 e. The summed E-state index contributed by atoms with van der Waals surface area (Å²) in [5.74, 6) is 1.34. The first-order chi connectivity index (χ1) is 10.3. The predicted octanol–water partition coefficient (Wildman–Crippen LogP) is 3.78. The van der Waals surface area contributed by atoms with Crippen molar-refractivity contribution in [2.75, 3.05) is 20.2 Å². The van der Waals surface area contributed by atoms with Crippen molar-refractivity contribution in [1.82, 2.24) is 4.90 Å². The van der Waals surface area contributed by atoms with E-state index >= 15 is 0 Å². The summed E-state index contributed by atoms with van der Waals surface area (Å²) in [6, 6.07) is 11.8. The van der Waals surface area contributed by atoms with Crippen LogP contribution in [0, 0.1) is 0 Å². The summed E-state index contributed by atoms with van der Waals surface area (Å²) in [5, 5.41) is 2.13. The van der Waals surface area contributed by atoms with Gasteiger partial charge in [-0.1, -0.05) is 18.2 Å². The number of hydrogen-bond acceptors (Lipinski definition) is 3. The molecule has 4 heteroatoms. The van der Waals surface area contributed by atoms with Gasteiger partial charge in [0.2, 0.25) is 0 Å². The quantitative estimate of drug-likeness (QED) is 0.863. The average molecular weight is 301 g/mol. The summed E-state index contributed by atoms with van der Waals surface area (Å²) in [5.41, 5.74) is 0.662. The van der Waals surface area contributed by atoms with E-state index in [-0.39, 0.29) is 5.91 Å². The second-order valence-electron chi connectivity index (χ2n) is 5.28. The first-order valence-electron chi connectivity index (χ1n) is 7.25. The second-order valence-corrected chi connectivity index (χ2v) is 6.26. The molecule has 1 saturated heterocycles. The zero-order valence-corrected chi connectivity index (χ0v) is 12.9. The Labute approximate surface area is 129 Å². The molecule has 0 saturated carbocycles. The van der Waals surface area contributed by atoms with E-state index in [1.807, 2.05) is 40.5 Å². The number of hydrogen-bond donors (Lipinski definition) is 0. The standard InChI is InChI=1S/C17H19NO2S/c1-20-15-6-3-2-5-14(15)17(19)18-10-8-13(9-11-18)16-7-4-12-21-16/h2-7,12-13H,8-11H2,1H3. The Bertz CT molecular complexity index is 601. The molecule has 1 aromatic heterocycles. The molecule has 0 N–H and O–H groups in total. The van der Waals surface area contributed by atoms with Gasteiger partial charge in [-0.15, -0.1) is 11.3 Å². The number of nitrogens with zero attached hydrogens (tertiary/aromatic N) is 1. The van der Waals surface area contributed by atoms with Gasteiger partial charge in [-0.25, -0.2) is 0 Å². The number of carbonyl (C=O) groups excluding carboxylic acids is 1. The molecular formula is C17H19NO2S. The number of carbonyl (C=O) groups is 1. The zero-order chi connectivity index (χ0) is 14.7. The summed E-state index contributed by atoms with van der Waals surface area (Å²) in [6.45, 7) is 1.64. The van der Waals surface area contributed by atoms with Crippen molar-refractivity contribution in [2.45, 2.75) is 18.8 Å². The van der Waals surface area contributed by atoms with Gasteiger partial charge in [0.25, 0.3) is 5.91 Å². The molecule has 1 amide bonds. The normalized spacial score (nSPS) is 16.0. The maximum absolute atomic E-state index is 12.6. The lowest BCUT2D eigenvalue weighted by molar-refractivity contribution is 0.0710. The molecule has 1 fully saturated rings. The number of benzene rings is 1. The van der Waals surface area contributed by atoms with Gasteiger partial charge in [0, 0.05) is 18.0 Å². The van der Waals surface area contributed by atoms with Gasteiger partial charge in [0.05, 0.1) is 12.7 Å². The highest BCUT2D eigenvalue weighted by atomic mass is 32.1. The van der Waals surface area contributed by atoms with E-state index < -0.39 is 0 Å². The minimum atomic E-state index is 0.0806. The molecule has 0 aliphatic carbocycles. The molecule has 1 aromatic carbocycles. The number of likely N-dealkylation sites (tertiary alicyclic amines) is 1. The van der Waals surface area contributed by atoms with Crippen LogP contribution in [0.1, 0.15) is 34.0 Å². The van der Waals surface area contributed by atoms with Gasteiger partial charge in [-0.05, 0) is 42.3 Å². The number of methoxy groups -OCH3 is 1. The molecule has 0 radical (unpaired) electrons. The predicted molar refractivity (Wildman–Crippen MR) is 85.2 cm³/mol. The van der Waals surface area contributed by atoms with E-state index in [1.54, 1.807) is 7.11 Å². The largest absolute Gasteiger partial charge is 0.496 e. The molecule has 1 aliphatic heterocycles. The molecule has 0 unspecified atom stereocenters. The summed E-state index contributed by atoms with van der Waals surface area (Å²) in [6.07, 6.45) is 2.09. The molecule has 2 aromatic rings. The molecule has 0 atom stereocenters. The van der Waals surface area contributed by atoms with Crippen molar-refractivity contribution >= 4 is 17.2 Å². The van der Waals surface area contributed by atoms with Crippen molar-refractivity contribution in [1.29, 1.82) is 0 Å². The second kappa shape index (κ2) is 6.31. The van der Waals surface area contributed by atoms with E-state index in [1.165, 1.54) is 4.88 Å². The van der Waals surface area contributed by atoms with Crippen LogP contribution in [-0.4, -0.2) is 31.0 Å². The lowest BCUT2D eigenvalue weighted by atomic mass is 9.95. The molecule has 21 heavy (non-hydrogen) atoms. The fourth-order valence-electron chi connectivity index (χ4n) is 2.88. The summed E-state index contributed by atoms with van der Waals surface area (Å²) < 4.78 is 5.29. The van der Waals surface area contributed by atoms with E-state index in [2.05, 4.69) is 17.5 Å². The van der Waals surface area contributed by atoms with E-state index in [9.17, 15) is 4.79 Å². The van der Waals surface area contributed by atoms with Crippen LogP contribution in [0.4, 0.5) is 0 Å². The van der Waals surface area contributed by atoms with Gasteiger partial charge in [-0.2, -0.15) is 0 Å². The highest BCUT2D eigenvalue weighted by Gasteiger charge is 2.26. The van der Waals surface area contributed by atoms with Crippen LogP contribution in [0.5, 0.6) is 5.75 Å². The van der Waals surface area contributed by atoms with Crippen molar-refractivity contribution in [3.63, 3.8) is 0 Å². The first-order valence-corrected chi connectivity index (χ1v) is 8.13. The van der Waals surface area contributed by atoms with Crippen LogP contribution >= 0.6 is 11.3 Å². The van der Waals surface area contributed by atoms with Crippen LogP contribution in [0.15, 0.2) is 41.8 Å². The van der Waals surface area contributed by atoms with Gasteiger partial charge in [-0.3, -0.25) is 4.79 Å². The first kappa shape index (κ1) is 14.1. The van der Waals surface area contributed by atoms with E-state index in [0.717, 1.165) is 25.9 Å². The minimum absolute atomic E-state index is 0.0806. The number of rotatable bonds is 3. The number of para-hydroxylation sites is 1. The molecule has 1 aliphatic rings. The third-order valence-corrected chi connectivity index (χ3v) is 5.10. The van der Waals surface area contributed by atoms with Crippen LogP contribution in [-0.2, 0) is 0 Å². The Morgan fingerprint density at radius 1 is 1.19 bits per heavy atom. The van der Waals surface area contributed by atoms with E-state index in [0.29, 0.717) is 17.2 Å². The average Bonchev–Trinajstić information content (AvgIpc) is 3.09. The molecular weight excluding hydrogens is 282 g/mol. The van der Waals surface area contributed by atoms with Gasteiger partial charge in [0.15, 0.2) is 0 Å². The molecule has 110 valence electrons. The zero-order valence-electron chi connectivity index (χ0n) is 12.1. The van der Waals surface area contributed by atoms with Crippen molar-refractivity contribution in [3.8, 4) is 5.75 Å². The van der Waals surface area contributed by atoms with Crippen molar-refractivity contribution < 1.29 is 9.53 Å². The topological polar surface area (TPSA) is 29.5 Å². The lowest BCUT2D eigenvalue weighted by Gasteiger charge is -2.32. The Hall–Kier alpha value is -1.81. The fraction of sp³-hybridized carbons (Fsp3) is 0.353. The fourth-order valence-corrected chi connectivity index (χ4v) is 3.78. The summed E-state index contributed by atoms with van der Waals surface area (Å²) in [4.78, 5) is 16.0. The highest BCUT2D eigenvalue weighted by molar-refractivity contribution is 7.10. The van der Waals surface area contributed by atoms with E-state index in [4.69, 9.17) is 4.74 Å². The van der Waals surface area contributed by atoms with Crippen molar-refractivity contribution in [3.05, 3.63) is 52.2 Å². The number of amides is 1. The number of thiophene rings is 1. The monoisotopic (exact) mass is 301 g/mol. The maximum Gasteiger partial charge on any atom is 0.257 e. The molecule has 3 nitrogen and oxygen atoms in total. The van der Waals surface area contributed by atoms with Gasteiger partial charge >= 0.3 is 0 Å². The van der Waals surface area contributed by atoms with Crippen LogP contribution in [0.2, 0.25) is 0 Å². The molecule has 0 spiro atoms. The third-order valence-electron chi connectivity index (χ3n) is 4.07. The Morgan fingerprint density at radius 3 is 2.62 bits per heavy atom. The summed E-state index contributed by atoms with van der Waals surface area (Å²) >= 11 is 1.82. The van der Waals surface area contributed by atoms with Crippen LogP contribution in [0.3, 0.4) is 0 Å². The lowest BCUT2D eigenvalue weighted by Crippen LogP contribution is -2.37. The third kappa shape index (κ3) is 2.95. The Balaban J connectivity index is 1.68. The van der Waals surface area contributed by atoms with Gasteiger partial charge in [0.1, 0.15) is 5.75 Å². The van der Waals surface area contributed by atoms with Gasteiger partial charge < -0.3 is 9.64 Å². The number of piperidine rings is 1. The Kier molecular flexibility index (Phi) is 4.25. The van der Waals surface area contributed by atoms with Crippen LogP contribution in [0.25, 0.3) is 0 Å². The molecule has 0 bridgehead atoms. The molecule has 3 rings (SSSR count). The maximum atomic E-state index is 12.6.